The third kappa shape index (κ3) is 2.65. The van der Waals surface area contributed by atoms with E-state index in [-0.39, 0.29) is 11.8 Å². The molecule has 0 radical (unpaired) electrons. The van der Waals surface area contributed by atoms with Crippen LogP contribution in [0.3, 0.4) is 0 Å². The molecule has 1 atom stereocenters. The van der Waals surface area contributed by atoms with Gasteiger partial charge in [0.2, 0.25) is 0 Å². The number of nitriles is 1. The topological polar surface area (TPSA) is 68.8 Å². The van der Waals surface area contributed by atoms with Crippen LogP contribution < -0.4 is 0 Å². The van der Waals surface area contributed by atoms with Crippen LogP contribution in [0.4, 0.5) is 0 Å². The third-order valence-electron chi connectivity index (χ3n) is 6.38. The van der Waals surface area contributed by atoms with Gasteiger partial charge < -0.3 is 4.90 Å². The van der Waals surface area contributed by atoms with Crippen molar-refractivity contribution in [2.24, 2.45) is 21.6 Å². The number of amides is 1. The first-order valence-corrected chi connectivity index (χ1v) is 9.43. The minimum Gasteiger partial charge on any atom is -0.339 e. The Hall–Kier alpha value is -2.48. The van der Waals surface area contributed by atoms with Gasteiger partial charge in [0.05, 0.1) is 11.6 Å². The van der Waals surface area contributed by atoms with Crippen LogP contribution in [0.15, 0.2) is 40.7 Å². The van der Waals surface area contributed by atoms with Crippen LogP contribution in [0.25, 0.3) is 0 Å². The summed E-state index contributed by atoms with van der Waals surface area (Å²) in [6.07, 6.45) is 8.49. The third-order valence-corrected chi connectivity index (χ3v) is 6.38. The van der Waals surface area contributed by atoms with E-state index < -0.39 is 5.54 Å². The molecule has 2 fully saturated rings. The minimum absolute atomic E-state index is 0.0514. The zero-order valence-electron chi connectivity index (χ0n) is 15.4. The summed E-state index contributed by atoms with van der Waals surface area (Å²) in [5, 5.41) is 17.9. The summed E-state index contributed by atoms with van der Waals surface area (Å²) in [5.74, 6) is 0.178. The Kier molecular flexibility index (Phi) is 3.95. The zero-order chi connectivity index (χ0) is 18.4. The number of nitrogens with zero attached hydrogens (tertiary/aromatic N) is 4. The lowest BCUT2D eigenvalue weighted by Gasteiger charge is -2.34. The normalized spacial score (nSPS) is 25.7. The number of piperidine rings is 1. The largest absolute Gasteiger partial charge is 0.339 e. The molecule has 1 unspecified atom stereocenters. The number of azo groups is 1. The summed E-state index contributed by atoms with van der Waals surface area (Å²) in [5.41, 5.74) is 1.84. The Balaban J connectivity index is 1.72. The standard InChI is InChI=1S/C21H24N4O/c1-15(2)21(7-10-23-24-21)18-13-16(14-22)3-4-17(18)19(26)25-11-8-20(5-6-20)9-12-25/h3-4,7,10,13,15H,5-6,8-9,11-12H2,1-2H3. The van der Waals surface area contributed by atoms with Crippen LogP contribution in [0.1, 0.15) is 61.0 Å². The Morgan fingerprint density at radius 3 is 2.50 bits per heavy atom. The first kappa shape index (κ1) is 17.0. The molecule has 1 aliphatic carbocycles. The van der Waals surface area contributed by atoms with Crippen molar-refractivity contribution in [1.82, 2.24) is 4.90 Å². The van der Waals surface area contributed by atoms with E-state index in [9.17, 15) is 10.1 Å². The molecule has 5 nitrogen and oxygen atoms in total. The highest BCUT2D eigenvalue weighted by Gasteiger charge is 2.46. The summed E-state index contributed by atoms with van der Waals surface area (Å²) in [4.78, 5) is 15.3. The highest BCUT2D eigenvalue weighted by molar-refractivity contribution is 5.96. The molecule has 26 heavy (non-hydrogen) atoms. The molecular formula is C21H24N4O. The van der Waals surface area contributed by atoms with Crippen molar-refractivity contribution in [3.05, 3.63) is 47.2 Å². The van der Waals surface area contributed by atoms with Crippen molar-refractivity contribution in [3.63, 3.8) is 0 Å². The maximum Gasteiger partial charge on any atom is 0.254 e. The molecule has 1 amide bonds. The summed E-state index contributed by atoms with van der Waals surface area (Å²) < 4.78 is 0. The number of rotatable bonds is 3. The number of benzene rings is 1. The van der Waals surface area contributed by atoms with Gasteiger partial charge in [-0.15, -0.1) is 0 Å². The highest BCUT2D eigenvalue weighted by atomic mass is 16.2. The van der Waals surface area contributed by atoms with E-state index >= 15 is 0 Å². The fourth-order valence-electron chi connectivity index (χ4n) is 4.23. The van der Waals surface area contributed by atoms with Crippen LogP contribution in [-0.4, -0.2) is 23.9 Å². The van der Waals surface area contributed by atoms with Crippen molar-refractivity contribution < 1.29 is 4.79 Å². The van der Waals surface area contributed by atoms with E-state index in [4.69, 9.17) is 0 Å². The molecule has 2 heterocycles. The molecular weight excluding hydrogens is 324 g/mol. The van der Waals surface area contributed by atoms with Crippen LogP contribution in [0, 0.1) is 22.7 Å². The molecule has 1 spiro atoms. The fraction of sp³-hybridized carbons (Fsp3) is 0.524. The van der Waals surface area contributed by atoms with E-state index in [1.54, 1.807) is 18.3 Å². The van der Waals surface area contributed by atoms with Gasteiger partial charge in [-0.05, 0) is 66.9 Å². The minimum atomic E-state index is -0.675. The molecule has 0 aromatic heterocycles. The van der Waals surface area contributed by atoms with Gasteiger partial charge >= 0.3 is 0 Å². The maximum absolute atomic E-state index is 13.3. The molecule has 1 aromatic carbocycles. The second-order valence-corrected chi connectivity index (χ2v) is 8.18. The van der Waals surface area contributed by atoms with Crippen molar-refractivity contribution >= 4 is 5.91 Å². The fourth-order valence-corrected chi connectivity index (χ4v) is 4.23. The summed E-state index contributed by atoms with van der Waals surface area (Å²) >= 11 is 0. The van der Waals surface area contributed by atoms with E-state index in [1.165, 1.54) is 12.8 Å². The number of hydrogen-bond donors (Lipinski definition) is 0. The Morgan fingerprint density at radius 2 is 1.96 bits per heavy atom. The first-order valence-electron chi connectivity index (χ1n) is 9.43. The van der Waals surface area contributed by atoms with Crippen LogP contribution >= 0.6 is 0 Å². The molecule has 5 heteroatoms. The number of carbonyl (C=O) groups excluding carboxylic acids is 1. The molecule has 4 rings (SSSR count). The Morgan fingerprint density at radius 1 is 1.23 bits per heavy atom. The SMILES string of the molecule is CC(C)C1(c2cc(C#N)ccc2C(=O)N2CCC3(CC2)CC3)C=CN=N1. The van der Waals surface area contributed by atoms with Crippen LogP contribution in [0.2, 0.25) is 0 Å². The highest BCUT2D eigenvalue weighted by Crippen LogP contribution is 2.53. The molecule has 134 valence electrons. The van der Waals surface area contributed by atoms with Gasteiger partial charge in [0.25, 0.3) is 5.91 Å². The van der Waals surface area contributed by atoms with E-state index in [1.807, 2.05) is 17.0 Å². The Bertz CT molecular complexity index is 820. The zero-order valence-corrected chi connectivity index (χ0v) is 15.4. The number of likely N-dealkylation sites (tertiary alicyclic amines) is 1. The van der Waals surface area contributed by atoms with E-state index in [0.29, 0.717) is 16.5 Å². The van der Waals surface area contributed by atoms with Gasteiger partial charge in [0.1, 0.15) is 5.54 Å². The molecule has 0 N–H and O–H groups in total. The van der Waals surface area contributed by atoms with Gasteiger partial charge in [0.15, 0.2) is 0 Å². The van der Waals surface area contributed by atoms with E-state index in [2.05, 4.69) is 30.1 Å². The number of hydrogen-bond acceptors (Lipinski definition) is 4. The average molecular weight is 348 g/mol. The lowest BCUT2D eigenvalue weighted by atomic mass is 9.77. The van der Waals surface area contributed by atoms with Crippen molar-refractivity contribution in [3.8, 4) is 6.07 Å². The van der Waals surface area contributed by atoms with Crippen molar-refractivity contribution in [2.45, 2.75) is 45.1 Å². The van der Waals surface area contributed by atoms with Gasteiger partial charge in [0, 0.05) is 24.9 Å². The monoisotopic (exact) mass is 348 g/mol. The smallest absolute Gasteiger partial charge is 0.254 e. The van der Waals surface area contributed by atoms with Crippen LogP contribution in [0.5, 0.6) is 0 Å². The Labute approximate surface area is 154 Å². The summed E-state index contributed by atoms with van der Waals surface area (Å²) in [6.45, 7) is 5.79. The van der Waals surface area contributed by atoms with Gasteiger partial charge in [-0.25, -0.2) is 0 Å². The molecule has 1 aromatic rings. The first-order chi connectivity index (χ1) is 12.5. The van der Waals surface area contributed by atoms with Gasteiger partial charge in [-0.1, -0.05) is 13.8 Å². The van der Waals surface area contributed by atoms with Crippen molar-refractivity contribution in [1.29, 1.82) is 5.26 Å². The van der Waals surface area contributed by atoms with Gasteiger partial charge in [-0.2, -0.15) is 15.5 Å². The second kappa shape index (κ2) is 6.05. The van der Waals surface area contributed by atoms with Crippen molar-refractivity contribution in [2.75, 3.05) is 13.1 Å². The second-order valence-electron chi connectivity index (χ2n) is 8.18. The molecule has 0 bridgehead atoms. The molecule has 2 aliphatic heterocycles. The lowest BCUT2D eigenvalue weighted by Crippen LogP contribution is -2.40. The quantitative estimate of drug-likeness (QED) is 0.812. The average Bonchev–Trinajstić information content (AvgIpc) is 3.22. The predicted octanol–water partition coefficient (Wildman–Crippen LogP) is 4.41. The van der Waals surface area contributed by atoms with E-state index in [0.717, 1.165) is 31.5 Å². The molecule has 1 saturated carbocycles. The summed E-state index contributed by atoms with van der Waals surface area (Å²) in [7, 11) is 0. The lowest BCUT2D eigenvalue weighted by molar-refractivity contribution is 0.0675. The predicted molar refractivity (Wildman–Crippen MR) is 98.5 cm³/mol. The molecule has 1 saturated heterocycles. The maximum atomic E-state index is 13.3. The van der Waals surface area contributed by atoms with Gasteiger partial charge in [-0.3, -0.25) is 4.79 Å². The molecule has 3 aliphatic rings. The number of carbonyl (C=O) groups is 1. The van der Waals surface area contributed by atoms with Crippen LogP contribution in [-0.2, 0) is 5.54 Å². The summed E-state index contributed by atoms with van der Waals surface area (Å²) in [6, 6.07) is 7.53.